The first-order chi connectivity index (χ1) is 10.2. The van der Waals surface area contributed by atoms with E-state index < -0.39 is 0 Å². The van der Waals surface area contributed by atoms with Gasteiger partial charge in [-0.2, -0.15) is 0 Å². The van der Waals surface area contributed by atoms with Gasteiger partial charge in [-0.15, -0.1) is 16.9 Å². The first-order valence-electron chi connectivity index (χ1n) is 7.04. The average Bonchev–Trinajstić information content (AvgIpc) is 3.05. The molecular formula is C15H18N4OS. The normalized spacial score (nSPS) is 18.5. The highest BCUT2D eigenvalue weighted by Crippen LogP contribution is 2.37. The average molecular weight is 302 g/mol. The summed E-state index contributed by atoms with van der Waals surface area (Å²) in [6.07, 6.45) is 1.95. The van der Waals surface area contributed by atoms with Crippen LogP contribution in [-0.4, -0.2) is 38.1 Å². The molecule has 1 amide bonds. The van der Waals surface area contributed by atoms with E-state index in [2.05, 4.69) is 35.4 Å². The third kappa shape index (κ3) is 2.95. The van der Waals surface area contributed by atoms with E-state index in [1.54, 1.807) is 11.8 Å². The Bertz CT molecular complexity index is 655. The molecule has 1 aromatic carbocycles. The lowest BCUT2D eigenvalue weighted by Crippen LogP contribution is -2.27. The predicted octanol–water partition coefficient (Wildman–Crippen LogP) is 2.23. The lowest BCUT2D eigenvalue weighted by Gasteiger charge is -2.19. The summed E-state index contributed by atoms with van der Waals surface area (Å²) in [4.78, 5) is 13.6. The van der Waals surface area contributed by atoms with Crippen LogP contribution in [0.5, 0.6) is 0 Å². The maximum Gasteiger partial charge on any atom is 0.233 e. The molecule has 1 aromatic heterocycles. The summed E-state index contributed by atoms with van der Waals surface area (Å²) in [5, 5.41) is 8.45. The highest BCUT2D eigenvalue weighted by Gasteiger charge is 2.33. The fourth-order valence-electron chi connectivity index (χ4n) is 2.54. The summed E-state index contributed by atoms with van der Waals surface area (Å²) in [6.45, 7) is 5.48. The molecule has 0 N–H and O–H groups in total. The molecule has 1 fully saturated rings. The smallest absolute Gasteiger partial charge is 0.233 e. The van der Waals surface area contributed by atoms with E-state index in [0.717, 1.165) is 5.69 Å². The molecule has 6 heteroatoms. The number of benzene rings is 1. The molecule has 2 aromatic rings. The van der Waals surface area contributed by atoms with Gasteiger partial charge in [0.2, 0.25) is 5.91 Å². The van der Waals surface area contributed by atoms with Crippen LogP contribution in [-0.2, 0) is 11.3 Å². The Hall–Kier alpha value is -1.82. The Balaban J connectivity index is 1.76. The van der Waals surface area contributed by atoms with E-state index in [1.165, 1.54) is 11.1 Å². The second kappa shape index (κ2) is 5.89. The van der Waals surface area contributed by atoms with E-state index in [0.29, 0.717) is 18.8 Å². The van der Waals surface area contributed by atoms with Crippen LogP contribution in [0, 0.1) is 6.92 Å². The molecule has 0 saturated carbocycles. The molecule has 1 saturated heterocycles. The molecule has 1 aliphatic rings. The van der Waals surface area contributed by atoms with Crippen molar-refractivity contribution in [2.45, 2.75) is 25.8 Å². The van der Waals surface area contributed by atoms with Gasteiger partial charge in [-0.3, -0.25) is 4.79 Å². The molecule has 0 spiro atoms. The van der Waals surface area contributed by atoms with Crippen molar-refractivity contribution in [1.82, 2.24) is 19.9 Å². The summed E-state index contributed by atoms with van der Waals surface area (Å²) in [5.41, 5.74) is 3.30. The van der Waals surface area contributed by atoms with Crippen LogP contribution in [0.3, 0.4) is 0 Å². The van der Waals surface area contributed by atoms with Gasteiger partial charge in [0.25, 0.3) is 0 Å². The molecule has 21 heavy (non-hydrogen) atoms. The lowest BCUT2D eigenvalue weighted by atomic mass is 10.1. The summed E-state index contributed by atoms with van der Waals surface area (Å²) in [6, 6.07) is 8.36. The van der Waals surface area contributed by atoms with Gasteiger partial charge in [0.15, 0.2) is 0 Å². The number of amides is 1. The molecule has 0 aliphatic carbocycles. The van der Waals surface area contributed by atoms with Crippen LogP contribution in [0.15, 0.2) is 30.5 Å². The van der Waals surface area contributed by atoms with Gasteiger partial charge in [0.1, 0.15) is 11.1 Å². The maximum atomic E-state index is 11.8. The summed E-state index contributed by atoms with van der Waals surface area (Å²) in [5.74, 6) is 0.712. The largest absolute Gasteiger partial charge is 0.324 e. The number of nitrogens with zero attached hydrogens (tertiary/aromatic N) is 4. The van der Waals surface area contributed by atoms with E-state index in [-0.39, 0.29) is 11.3 Å². The molecule has 1 atom stereocenters. The molecule has 0 radical (unpaired) electrons. The third-order valence-electron chi connectivity index (χ3n) is 3.55. The SMILES string of the molecule is CCN1C(=O)CS[C@@H]1c1cn(Cc2cccc(C)c2)nn1. The fourth-order valence-corrected chi connectivity index (χ4v) is 3.73. The van der Waals surface area contributed by atoms with Crippen molar-refractivity contribution in [1.29, 1.82) is 0 Å². The van der Waals surface area contributed by atoms with E-state index >= 15 is 0 Å². The number of carbonyl (C=O) groups is 1. The van der Waals surface area contributed by atoms with E-state index in [9.17, 15) is 4.79 Å². The predicted molar refractivity (Wildman–Crippen MR) is 82.9 cm³/mol. The number of aryl methyl sites for hydroxylation is 1. The highest BCUT2D eigenvalue weighted by molar-refractivity contribution is 8.00. The molecule has 2 heterocycles. The number of aromatic nitrogens is 3. The van der Waals surface area contributed by atoms with Crippen molar-refractivity contribution in [3.8, 4) is 0 Å². The van der Waals surface area contributed by atoms with Gasteiger partial charge in [-0.05, 0) is 19.4 Å². The zero-order valence-electron chi connectivity index (χ0n) is 12.2. The first kappa shape index (κ1) is 14.1. The molecule has 1 aliphatic heterocycles. The van der Waals surface area contributed by atoms with E-state index in [4.69, 9.17) is 0 Å². The lowest BCUT2D eigenvalue weighted by molar-refractivity contribution is -0.127. The maximum absolute atomic E-state index is 11.8. The Labute approximate surface area is 128 Å². The second-order valence-corrected chi connectivity index (χ2v) is 6.24. The summed E-state index contributed by atoms with van der Waals surface area (Å²) >= 11 is 1.62. The van der Waals surface area contributed by atoms with Gasteiger partial charge >= 0.3 is 0 Å². The van der Waals surface area contributed by atoms with Crippen LogP contribution in [0.2, 0.25) is 0 Å². The quantitative estimate of drug-likeness (QED) is 0.869. The van der Waals surface area contributed by atoms with Gasteiger partial charge in [0, 0.05) is 6.54 Å². The van der Waals surface area contributed by atoms with Gasteiger partial charge in [-0.1, -0.05) is 35.0 Å². The van der Waals surface area contributed by atoms with Crippen molar-refractivity contribution in [2.24, 2.45) is 0 Å². The Morgan fingerprint density at radius 2 is 2.29 bits per heavy atom. The number of thioether (sulfide) groups is 1. The Kier molecular flexibility index (Phi) is 3.96. The zero-order valence-corrected chi connectivity index (χ0v) is 13.0. The number of hydrogen-bond acceptors (Lipinski definition) is 4. The number of carbonyl (C=O) groups excluding carboxylic acids is 1. The molecule has 3 rings (SSSR count). The van der Waals surface area contributed by atoms with Gasteiger partial charge in [-0.25, -0.2) is 4.68 Å². The molecule has 110 valence electrons. The van der Waals surface area contributed by atoms with E-state index in [1.807, 2.05) is 28.8 Å². The summed E-state index contributed by atoms with van der Waals surface area (Å²) < 4.78 is 1.83. The number of rotatable bonds is 4. The van der Waals surface area contributed by atoms with Crippen molar-refractivity contribution >= 4 is 17.7 Å². The van der Waals surface area contributed by atoms with Crippen LogP contribution in [0.1, 0.15) is 29.1 Å². The Morgan fingerprint density at radius 1 is 1.43 bits per heavy atom. The standard InChI is InChI=1S/C15H18N4OS/c1-3-19-14(20)10-21-15(19)13-9-18(17-16-13)8-12-6-4-5-11(2)7-12/h4-7,9,15H,3,8,10H2,1-2H3/t15-/m1/s1. The number of hydrogen-bond donors (Lipinski definition) is 0. The van der Waals surface area contributed by atoms with Crippen molar-refractivity contribution < 1.29 is 4.79 Å². The molecule has 0 unspecified atom stereocenters. The molecular weight excluding hydrogens is 284 g/mol. The minimum atomic E-state index is 0.00811. The fraction of sp³-hybridized carbons (Fsp3) is 0.400. The second-order valence-electron chi connectivity index (χ2n) is 5.17. The molecule has 0 bridgehead atoms. The van der Waals surface area contributed by atoms with Crippen LogP contribution >= 0.6 is 11.8 Å². The summed E-state index contributed by atoms with van der Waals surface area (Å²) in [7, 11) is 0. The van der Waals surface area contributed by atoms with Crippen molar-refractivity contribution in [2.75, 3.05) is 12.3 Å². The van der Waals surface area contributed by atoms with Gasteiger partial charge < -0.3 is 4.90 Å². The topological polar surface area (TPSA) is 51.0 Å². The minimum Gasteiger partial charge on any atom is -0.324 e. The van der Waals surface area contributed by atoms with Crippen LogP contribution in [0.4, 0.5) is 0 Å². The van der Waals surface area contributed by atoms with Gasteiger partial charge in [0.05, 0.1) is 18.5 Å². The molecule has 5 nitrogen and oxygen atoms in total. The first-order valence-corrected chi connectivity index (χ1v) is 8.09. The monoisotopic (exact) mass is 302 g/mol. The van der Waals surface area contributed by atoms with Crippen LogP contribution < -0.4 is 0 Å². The minimum absolute atomic E-state index is 0.00811. The van der Waals surface area contributed by atoms with Crippen molar-refractivity contribution in [3.05, 3.63) is 47.3 Å². The van der Waals surface area contributed by atoms with Crippen molar-refractivity contribution in [3.63, 3.8) is 0 Å². The Morgan fingerprint density at radius 3 is 3.05 bits per heavy atom. The third-order valence-corrected chi connectivity index (χ3v) is 4.77. The highest BCUT2D eigenvalue weighted by atomic mass is 32.2. The van der Waals surface area contributed by atoms with Crippen LogP contribution in [0.25, 0.3) is 0 Å². The zero-order chi connectivity index (χ0) is 14.8.